The van der Waals surface area contributed by atoms with Gasteiger partial charge in [-0.1, -0.05) is 350 Å². The van der Waals surface area contributed by atoms with Crippen LogP contribution in [0.15, 0.2) is 72.9 Å². The second-order valence-electron chi connectivity index (χ2n) is 23.6. The summed E-state index contributed by atoms with van der Waals surface area (Å²) >= 11 is 0. The van der Waals surface area contributed by atoms with Gasteiger partial charge in [0.15, 0.2) is 0 Å². The van der Waals surface area contributed by atoms with Crippen LogP contribution in [0.2, 0.25) is 0 Å². The fraction of sp³-hybridized carbons (Fsp3) is 0.822. The lowest BCUT2D eigenvalue weighted by Gasteiger charge is -2.19. The Morgan fingerprint density at radius 1 is 0.312 bits per heavy atom. The Bertz CT molecular complexity index is 1310. The Labute approximate surface area is 482 Å². The highest BCUT2D eigenvalue weighted by atomic mass is 16.3. The highest BCUT2D eigenvalue weighted by molar-refractivity contribution is 5.76. The van der Waals surface area contributed by atoms with Gasteiger partial charge in [0.2, 0.25) is 5.91 Å². The predicted molar refractivity (Wildman–Crippen MR) is 345 cm³/mol. The predicted octanol–water partition coefficient (Wildman–Crippen LogP) is 23.7. The van der Waals surface area contributed by atoms with E-state index in [-0.39, 0.29) is 12.5 Å². The molecule has 3 N–H and O–H groups in total. The number of amides is 1. The third kappa shape index (κ3) is 64.5. The Morgan fingerprint density at radius 2 is 0.545 bits per heavy atom. The number of carbonyl (C=O) groups is 1. The minimum atomic E-state index is -0.872. The van der Waals surface area contributed by atoms with Crippen molar-refractivity contribution in [2.24, 2.45) is 0 Å². The fourth-order valence-corrected chi connectivity index (χ4v) is 10.6. The summed E-state index contributed by atoms with van der Waals surface area (Å²) in [4.78, 5) is 12.5. The molecule has 0 fully saturated rings. The van der Waals surface area contributed by atoms with Crippen LogP contribution in [0, 0.1) is 0 Å². The van der Waals surface area contributed by atoms with Crippen molar-refractivity contribution in [1.29, 1.82) is 0 Å². The van der Waals surface area contributed by atoms with E-state index in [2.05, 4.69) is 79.9 Å². The first-order valence-electron chi connectivity index (χ1n) is 34.7. The quantitative estimate of drug-likeness (QED) is 0.0420. The van der Waals surface area contributed by atoms with Crippen molar-refractivity contribution in [2.75, 3.05) is 6.61 Å². The number of hydrogen-bond acceptors (Lipinski definition) is 3. The lowest BCUT2D eigenvalue weighted by molar-refractivity contribution is -0.123. The van der Waals surface area contributed by atoms with E-state index >= 15 is 0 Å². The smallest absolute Gasteiger partial charge is 0.220 e. The molecule has 0 aliphatic rings. The van der Waals surface area contributed by atoms with Crippen LogP contribution in [0.3, 0.4) is 0 Å². The zero-order valence-corrected chi connectivity index (χ0v) is 52.0. The molecule has 2 atom stereocenters. The monoisotopic (exact) mass is 1070 g/mol. The summed E-state index contributed by atoms with van der Waals surface area (Å²) < 4.78 is 0. The Kier molecular flexibility index (Phi) is 66.2. The summed E-state index contributed by atoms with van der Waals surface area (Å²) in [6.07, 6.45) is 98.5. The number of unbranched alkanes of at least 4 members (excludes halogenated alkanes) is 47. The van der Waals surface area contributed by atoms with Crippen molar-refractivity contribution >= 4 is 5.91 Å². The van der Waals surface area contributed by atoms with Gasteiger partial charge in [0, 0.05) is 6.42 Å². The van der Waals surface area contributed by atoms with Gasteiger partial charge in [-0.25, -0.2) is 0 Å². The van der Waals surface area contributed by atoms with Gasteiger partial charge in [0.1, 0.15) is 0 Å². The fourth-order valence-electron chi connectivity index (χ4n) is 10.6. The van der Waals surface area contributed by atoms with Crippen LogP contribution in [0.1, 0.15) is 367 Å². The zero-order valence-electron chi connectivity index (χ0n) is 52.0. The molecule has 0 aliphatic carbocycles. The molecular formula is C73H135NO3. The molecule has 0 aromatic rings. The maximum Gasteiger partial charge on any atom is 0.220 e. The van der Waals surface area contributed by atoms with Gasteiger partial charge in [-0.3, -0.25) is 4.79 Å². The summed E-state index contributed by atoms with van der Waals surface area (Å²) in [6.45, 7) is 4.31. The molecule has 0 rings (SSSR count). The molecule has 0 aromatic carbocycles. The number of aliphatic hydroxyl groups excluding tert-OH is 2. The van der Waals surface area contributed by atoms with Crippen LogP contribution in [0.4, 0.5) is 0 Å². The molecule has 77 heavy (non-hydrogen) atoms. The average Bonchev–Trinajstić information content (AvgIpc) is 3.43. The largest absolute Gasteiger partial charge is 0.394 e. The van der Waals surface area contributed by atoms with E-state index in [0.29, 0.717) is 6.42 Å². The summed E-state index contributed by atoms with van der Waals surface area (Å²) in [5.74, 6) is -0.0723. The maximum atomic E-state index is 12.5. The molecule has 4 heteroatoms. The molecule has 0 aliphatic heterocycles. The van der Waals surface area contributed by atoms with E-state index in [1.54, 1.807) is 6.08 Å². The first-order valence-corrected chi connectivity index (χ1v) is 34.7. The van der Waals surface area contributed by atoms with Crippen molar-refractivity contribution in [3.8, 4) is 0 Å². The lowest BCUT2D eigenvalue weighted by atomic mass is 10.0. The van der Waals surface area contributed by atoms with Gasteiger partial charge >= 0.3 is 0 Å². The van der Waals surface area contributed by atoms with E-state index < -0.39 is 12.1 Å². The molecule has 0 heterocycles. The highest BCUT2D eigenvalue weighted by Gasteiger charge is 2.18. The molecule has 1 amide bonds. The second-order valence-corrected chi connectivity index (χ2v) is 23.6. The molecule has 450 valence electrons. The van der Waals surface area contributed by atoms with Crippen molar-refractivity contribution in [1.82, 2.24) is 5.32 Å². The first kappa shape index (κ1) is 74.8. The third-order valence-corrected chi connectivity index (χ3v) is 15.9. The van der Waals surface area contributed by atoms with E-state index in [9.17, 15) is 15.0 Å². The van der Waals surface area contributed by atoms with E-state index in [4.69, 9.17) is 0 Å². The standard InChI is InChI=1S/C73H135NO3/c1-3-5-7-9-11-13-15-17-19-21-23-25-27-29-30-31-32-33-34-35-36-37-38-39-40-41-42-43-44-45-47-49-51-53-55-57-59-61-63-65-67-69-73(77)74-71(70-75)72(76)68-66-64-62-60-58-56-54-52-50-48-46-28-26-24-22-20-18-16-14-12-10-8-6-4-2/h15,17,21,23,27,29,50,52,58,60,66,68,71-72,75-76H,3-14,16,18-20,22,24-26,28,30-49,51,53-57,59,61-65,67,69-70H2,1-2H3,(H,74,77)/b17-15-,23-21-,29-27-,52-50+,60-58+,68-66+. The maximum absolute atomic E-state index is 12.5. The molecule has 4 nitrogen and oxygen atoms in total. The molecule has 0 saturated carbocycles. The summed E-state index contributed by atoms with van der Waals surface area (Å²) in [5, 5.41) is 23.2. The molecule has 0 radical (unpaired) electrons. The van der Waals surface area contributed by atoms with Crippen molar-refractivity contribution in [2.45, 2.75) is 379 Å². The molecule has 0 aromatic heterocycles. The number of aliphatic hydroxyl groups is 2. The van der Waals surface area contributed by atoms with Crippen LogP contribution in [0.25, 0.3) is 0 Å². The average molecular weight is 1070 g/mol. The van der Waals surface area contributed by atoms with Gasteiger partial charge in [0.25, 0.3) is 0 Å². The summed E-state index contributed by atoms with van der Waals surface area (Å²) in [5.41, 5.74) is 0. The molecule has 0 saturated heterocycles. The molecule has 0 spiro atoms. The van der Waals surface area contributed by atoms with Gasteiger partial charge in [0.05, 0.1) is 18.8 Å². The third-order valence-electron chi connectivity index (χ3n) is 15.9. The lowest BCUT2D eigenvalue weighted by Crippen LogP contribution is -2.45. The van der Waals surface area contributed by atoms with Crippen LogP contribution < -0.4 is 5.32 Å². The zero-order chi connectivity index (χ0) is 55.5. The normalized spacial score (nSPS) is 13.1. The number of rotatable bonds is 64. The van der Waals surface area contributed by atoms with Crippen molar-refractivity contribution in [3.63, 3.8) is 0 Å². The molecule has 0 bridgehead atoms. The number of hydrogen-bond donors (Lipinski definition) is 3. The van der Waals surface area contributed by atoms with Gasteiger partial charge in [-0.15, -0.1) is 0 Å². The van der Waals surface area contributed by atoms with E-state index in [1.165, 1.54) is 295 Å². The Hall–Kier alpha value is -2.17. The first-order chi connectivity index (χ1) is 38.2. The number of nitrogens with one attached hydrogen (secondary N) is 1. The van der Waals surface area contributed by atoms with Gasteiger partial charge in [-0.05, 0) is 83.5 Å². The second kappa shape index (κ2) is 68.1. The van der Waals surface area contributed by atoms with Gasteiger partial charge < -0.3 is 15.5 Å². The minimum Gasteiger partial charge on any atom is -0.394 e. The van der Waals surface area contributed by atoms with Crippen molar-refractivity contribution < 1.29 is 15.0 Å². The topological polar surface area (TPSA) is 69.6 Å². The van der Waals surface area contributed by atoms with Crippen LogP contribution in [0.5, 0.6) is 0 Å². The van der Waals surface area contributed by atoms with Gasteiger partial charge in [-0.2, -0.15) is 0 Å². The molecule has 2 unspecified atom stereocenters. The number of allylic oxidation sites excluding steroid dienone is 11. The van der Waals surface area contributed by atoms with Crippen molar-refractivity contribution in [3.05, 3.63) is 72.9 Å². The van der Waals surface area contributed by atoms with Crippen LogP contribution in [-0.2, 0) is 4.79 Å². The van der Waals surface area contributed by atoms with E-state index in [0.717, 1.165) is 51.4 Å². The SMILES string of the molecule is CCCCCCC/C=C\C/C=C\C/C=C\CCCCCCCCCCCCCCCCCCCCCCCCCCCCC(=O)NC(CO)C(O)/C=C/CC/C=C/CC/C=C/CCCCCCCCCCCCCCCC. The highest BCUT2D eigenvalue weighted by Crippen LogP contribution is 2.18. The minimum absolute atomic E-state index is 0.0723. The van der Waals surface area contributed by atoms with Crippen LogP contribution >= 0.6 is 0 Å². The summed E-state index contributed by atoms with van der Waals surface area (Å²) in [6, 6.07) is -0.648. The van der Waals surface area contributed by atoms with Crippen LogP contribution in [-0.4, -0.2) is 34.9 Å². The molecular weight excluding hydrogens is 939 g/mol. The Morgan fingerprint density at radius 3 is 0.844 bits per heavy atom. The summed E-state index contributed by atoms with van der Waals surface area (Å²) in [7, 11) is 0. The Balaban J connectivity index is 3.45. The van der Waals surface area contributed by atoms with E-state index in [1.807, 2.05) is 6.08 Å². The number of carbonyl (C=O) groups excluding carboxylic acids is 1.